The van der Waals surface area contributed by atoms with E-state index in [4.69, 9.17) is 9.52 Å². The maximum absolute atomic E-state index is 10.4. The van der Waals surface area contributed by atoms with Gasteiger partial charge < -0.3 is 19.5 Å². The Kier molecular flexibility index (Phi) is 32.4. The van der Waals surface area contributed by atoms with Crippen molar-refractivity contribution in [2.45, 2.75) is 118 Å². The molecule has 9 aromatic carbocycles. The number of furan rings is 1. The van der Waals surface area contributed by atoms with Gasteiger partial charge in [0.15, 0.2) is 5.78 Å². The summed E-state index contributed by atoms with van der Waals surface area (Å²) in [5, 5.41) is 74.2. The molecule has 22 rings (SSSR count). The zero-order chi connectivity index (χ0) is 91.0. The van der Waals surface area contributed by atoms with Crippen LogP contribution in [0.3, 0.4) is 0 Å². The van der Waals surface area contributed by atoms with Gasteiger partial charge in [0.2, 0.25) is 17.5 Å². The number of hydrogen-bond acceptors (Lipinski definition) is 23. The van der Waals surface area contributed by atoms with Gasteiger partial charge in [-0.1, -0.05) is 170 Å². The number of rotatable bonds is 13. The van der Waals surface area contributed by atoms with E-state index in [2.05, 4.69) is 234 Å². The number of carbonyl (C=O) groups is 1. The molecular weight excluding hydrogens is 2210 g/mol. The minimum Gasteiger partial charge on any atom is -0.512 e. The summed E-state index contributed by atoms with van der Waals surface area (Å²) < 4.78 is 6.31. The quantitative estimate of drug-likeness (QED) is 0.0637. The van der Waals surface area contributed by atoms with Crippen molar-refractivity contribution in [2.75, 3.05) is 0 Å². The summed E-state index contributed by atoms with van der Waals surface area (Å²) in [5.41, 5.74) is 16.5. The van der Waals surface area contributed by atoms with Gasteiger partial charge in [-0.2, -0.15) is 30.6 Å². The zero-order valence-corrected chi connectivity index (χ0v) is 82.4. The Morgan fingerprint density at radius 2 is 0.726 bits per heavy atom. The molecule has 675 valence electrons. The number of aliphatic hydroxyl groups is 1. The molecule has 12 aromatic heterocycles. The van der Waals surface area contributed by atoms with Crippen LogP contribution in [0.25, 0.3) is 177 Å². The number of Topliss-reactive ketones (excluding diaryl/α,β-unsaturated/α-hetero) is 1. The first-order valence-corrected chi connectivity index (χ1v) is 43.7. The van der Waals surface area contributed by atoms with Crippen molar-refractivity contribution in [1.29, 1.82) is 0 Å². The molecule has 1 aliphatic carbocycles. The van der Waals surface area contributed by atoms with E-state index in [1.54, 1.807) is 62.7 Å². The molecule has 23 nitrogen and oxygen atoms in total. The van der Waals surface area contributed by atoms with Crippen LogP contribution in [0.4, 0.5) is 0 Å². The van der Waals surface area contributed by atoms with E-state index < -0.39 is 0 Å². The molecule has 12 heterocycles. The second kappa shape index (κ2) is 45.3. The molecule has 1 saturated carbocycles. The average molecular weight is 2300 g/mol. The molecule has 0 spiro atoms. The van der Waals surface area contributed by atoms with E-state index in [9.17, 15) is 4.79 Å². The number of aliphatic hydroxyl groups excluding tert-OH is 1. The first-order chi connectivity index (χ1) is 64.4. The molecule has 135 heavy (non-hydrogen) atoms. The van der Waals surface area contributed by atoms with Crippen LogP contribution in [0, 0.1) is 30.3 Å². The summed E-state index contributed by atoms with van der Waals surface area (Å²) in [5.74, 6) is 5.03. The standard InChI is InChI=1S/C26H26NO.3C20H11N6.C17H20N.C6H10O2.3Ir/c1-17(2)19-13-14-27-24(16-19)22-10-6-9-21-23-15-20(18-7-4-3-5-8-18)11-12-25(23)28-26(21)22;3*1-3-17-11-21-7-5-13(17)9-15(1)19-23-25-20(26-24-19)16-2-4-18-12-22-8-6-14(18)10-16;1-12(2)14-6-5-7-16(10-14)17-11-15(13(3)4)8-9-18-17;1-4(5(2)7)6(3)8;;;/h6,9,11-18H,3-5,7-8H2,1-2H3;3*1-9,11-12H;5-6,8-13H,1-4H3;7H,1-3H3;;;/q5*-1;;;;. The van der Waals surface area contributed by atoms with E-state index in [0.29, 0.717) is 64.2 Å². The number of ketones is 1. The molecule has 0 atom stereocenters. The normalized spacial score (nSPS) is 11.9. The van der Waals surface area contributed by atoms with Crippen molar-refractivity contribution in [3.05, 3.63) is 351 Å². The summed E-state index contributed by atoms with van der Waals surface area (Å²) in [6.45, 7) is 17.7. The monoisotopic (exact) mass is 2300 g/mol. The van der Waals surface area contributed by atoms with E-state index in [0.717, 1.165) is 137 Å². The van der Waals surface area contributed by atoms with Crippen molar-refractivity contribution in [3.8, 4) is 90.8 Å². The van der Waals surface area contributed by atoms with Gasteiger partial charge >= 0.3 is 0 Å². The van der Waals surface area contributed by atoms with Gasteiger partial charge in [0.25, 0.3) is 0 Å². The Morgan fingerprint density at radius 1 is 0.348 bits per heavy atom. The summed E-state index contributed by atoms with van der Waals surface area (Å²) in [6, 6.07) is 83.1. The number of aromatic nitrogens is 20. The van der Waals surface area contributed by atoms with Crippen LogP contribution in [-0.2, 0) is 65.1 Å². The molecule has 3 radical (unpaired) electrons. The van der Waals surface area contributed by atoms with E-state index in [-0.39, 0.29) is 71.9 Å². The Bertz CT molecular complexity index is 6920. The number of fused-ring (bicyclic) bond motifs is 9. The number of benzene rings is 9. The van der Waals surface area contributed by atoms with Crippen LogP contribution in [0.2, 0.25) is 0 Å². The predicted molar refractivity (Wildman–Crippen MR) is 518 cm³/mol. The SMILES string of the molecule is CC(=O)C(C)=C(C)O.CC(C)c1cc[c-]c(-c2cc(C(C)C)ccn2)c1.CC(C)c1ccnc(-c2[c-]ccc3c2oc2ccc(C4CCCCC4)cc23)c1.[Ir].[Ir].[Ir].[c-]1c(-c2nnc(-c3ccc4cnccc4c3)nn2)ccc2cnccc12.[c-]1c(-c2nnc(-c3ccc4cnccc4c3)nn2)ccc2cnccc12.[c-]1c(-c2nnc(-c3ccc4cnccc4c3)nn2)ccc2cnccc12. The van der Waals surface area contributed by atoms with Crippen LogP contribution < -0.4 is 0 Å². The molecule has 0 bridgehead atoms. The number of allylic oxidation sites excluding steroid dienone is 2. The number of nitrogens with zero attached hydrogens (tertiary/aromatic N) is 20. The molecule has 0 saturated heterocycles. The first-order valence-electron chi connectivity index (χ1n) is 43.7. The van der Waals surface area contributed by atoms with E-state index in [1.165, 1.54) is 73.6 Å². The summed E-state index contributed by atoms with van der Waals surface area (Å²) >= 11 is 0. The van der Waals surface area contributed by atoms with Gasteiger partial charge in [-0.3, -0.25) is 34.7 Å². The maximum Gasteiger partial charge on any atom is 0.202 e. The van der Waals surface area contributed by atoms with Gasteiger partial charge in [0.1, 0.15) is 23.1 Å². The van der Waals surface area contributed by atoms with Crippen LogP contribution >= 0.6 is 0 Å². The fourth-order valence-electron chi connectivity index (χ4n) is 15.2. The van der Waals surface area contributed by atoms with Crippen molar-refractivity contribution in [1.82, 2.24) is 101 Å². The summed E-state index contributed by atoms with van der Waals surface area (Å²) in [4.78, 5) is 44.1. The molecule has 1 fully saturated rings. The number of pyridine rings is 8. The topological polar surface area (TPSA) is 308 Å². The minimum absolute atomic E-state index is 0. The predicted octanol–water partition coefficient (Wildman–Crippen LogP) is 24.3. The van der Waals surface area contributed by atoms with Crippen molar-refractivity contribution >= 4 is 92.4 Å². The van der Waals surface area contributed by atoms with Crippen LogP contribution in [0.5, 0.6) is 0 Å². The van der Waals surface area contributed by atoms with Gasteiger partial charge in [-0.05, 0) is 188 Å². The minimum atomic E-state index is -0.0787. The van der Waals surface area contributed by atoms with Gasteiger partial charge in [-0.25, -0.2) is 0 Å². The third kappa shape index (κ3) is 23.6. The maximum atomic E-state index is 10.4. The second-order valence-corrected chi connectivity index (χ2v) is 33.0. The fraction of sp³-hybridized carbons (Fsp3) is 0.165. The Balaban J connectivity index is 0.000000132. The Morgan fingerprint density at radius 3 is 1.13 bits per heavy atom. The smallest absolute Gasteiger partial charge is 0.202 e. The van der Waals surface area contributed by atoms with Crippen molar-refractivity contribution < 1.29 is 74.6 Å². The second-order valence-electron chi connectivity index (χ2n) is 33.0. The Hall–Kier alpha value is -14.5. The molecule has 21 aromatic rings. The van der Waals surface area contributed by atoms with Gasteiger partial charge in [-0.15, -0.1) is 173 Å². The van der Waals surface area contributed by atoms with Crippen LogP contribution in [0.1, 0.15) is 140 Å². The van der Waals surface area contributed by atoms with Crippen LogP contribution in [-0.4, -0.2) is 112 Å². The number of carbonyl (C=O) groups excluding carboxylic acids is 1. The fourth-order valence-corrected chi connectivity index (χ4v) is 15.2. The molecule has 1 aliphatic rings. The summed E-state index contributed by atoms with van der Waals surface area (Å²) in [7, 11) is 0. The third-order valence-corrected chi connectivity index (χ3v) is 23.0. The van der Waals surface area contributed by atoms with Gasteiger partial charge in [0, 0.05) is 154 Å². The largest absolute Gasteiger partial charge is 0.512 e. The van der Waals surface area contributed by atoms with Crippen molar-refractivity contribution in [3.63, 3.8) is 0 Å². The average Bonchev–Trinajstić information content (AvgIpc) is 1.61. The number of hydrogen-bond donors (Lipinski definition) is 1. The molecule has 0 amide bonds. The molecule has 1 N–H and O–H groups in total. The van der Waals surface area contributed by atoms with E-state index >= 15 is 0 Å². The Labute approximate surface area is 821 Å². The van der Waals surface area contributed by atoms with Gasteiger partial charge in [0.05, 0.1) is 11.3 Å². The zero-order valence-electron chi connectivity index (χ0n) is 75.2. The molecule has 0 unspecified atom stereocenters. The molecule has 26 heteroatoms. The third-order valence-electron chi connectivity index (χ3n) is 23.0. The van der Waals surface area contributed by atoms with Crippen molar-refractivity contribution in [2.24, 2.45) is 0 Å². The molecule has 0 aliphatic heterocycles. The van der Waals surface area contributed by atoms with E-state index in [1.807, 2.05) is 171 Å². The summed E-state index contributed by atoms with van der Waals surface area (Å²) in [6.07, 6.45) is 31.8. The first kappa shape index (κ1) is 96.6. The molecular formula is C109H89Ir3N20O3-5. The van der Waals surface area contributed by atoms with Crippen LogP contribution in [0.15, 0.2) is 303 Å².